The standard InChI is InChI=1S/C19H22F3N3O2/c1-13-2-3-14-15-4-5-23-18(19(20,21)22)17(15)25(16(14)12-13)7-6-24(8-10-26)9-11-27/h2-5,12,26-27H,6-11H2,1H3. The van der Waals surface area contributed by atoms with Crippen molar-refractivity contribution in [2.24, 2.45) is 0 Å². The maximum absolute atomic E-state index is 13.6. The Hall–Kier alpha value is -2.16. The second-order valence-electron chi connectivity index (χ2n) is 6.51. The van der Waals surface area contributed by atoms with Crippen molar-refractivity contribution in [1.29, 1.82) is 0 Å². The number of aryl methyl sites for hydroxylation is 1. The van der Waals surface area contributed by atoms with E-state index in [0.717, 1.165) is 16.5 Å². The smallest absolute Gasteiger partial charge is 0.395 e. The van der Waals surface area contributed by atoms with E-state index in [4.69, 9.17) is 10.2 Å². The number of aromatic nitrogens is 2. The molecule has 0 aliphatic rings. The van der Waals surface area contributed by atoms with E-state index in [2.05, 4.69) is 4.98 Å². The quantitative estimate of drug-likeness (QED) is 0.661. The van der Waals surface area contributed by atoms with E-state index in [1.165, 1.54) is 6.20 Å². The number of nitrogens with zero attached hydrogens (tertiary/aromatic N) is 3. The normalized spacial score (nSPS) is 12.6. The zero-order chi connectivity index (χ0) is 19.6. The summed E-state index contributed by atoms with van der Waals surface area (Å²) in [5.74, 6) is 0. The van der Waals surface area contributed by atoms with Gasteiger partial charge in [0, 0.05) is 48.7 Å². The van der Waals surface area contributed by atoms with Gasteiger partial charge >= 0.3 is 6.18 Å². The van der Waals surface area contributed by atoms with Crippen molar-refractivity contribution >= 4 is 21.8 Å². The summed E-state index contributed by atoms with van der Waals surface area (Å²) < 4.78 is 42.4. The Labute approximate surface area is 154 Å². The van der Waals surface area contributed by atoms with Gasteiger partial charge in [-0.3, -0.25) is 4.90 Å². The molecule has 0 saturated carbocycles. The third kappa shape index (κ3) is 3.92. The first-order valence-corrected chi connectivity index (χ1v) is 8.75. The van der Waals surface area contributed by atoms with Crippen LogP contribution in [0.1, 0.15) is 11.3 Å². The number of hydrogen-bond acceptors (Lipinski definition) is 4. The monoisotopic (exact) mass is 381 g/mol. The van der Waals surface area contributed by atoms with Gasteiger partial charge in [0.25, 0.3) is 0 Å². The summed E-state index contributed by atoms with van der Waals surface area (Å²) in [5.41, 5.74) is 0.843. The Bertz CT molecular complexity index is 931. The van der Waals surface area contributed by atoms with Gasteiger partial charge in [-0.15, -0.1) is 0 Å². The molecule has 0 radical (unpaired) electrons. The lowest BCUT2D eigenvalue weighted by Crippen LogP contribution is -2.33. The lowest BCUT2D eigenvalue weighted by molar-refractivity contribution is -0.140. The van der Waals surface area contributed by atoms with E-state index >= 15 is 0 Å². The number of aliphatic hydroxyl groups excluding tert-OH is 2. The van der Waals surface area contributed by atoms with E-state index in [9.17, 15) is 13.2 Å². The van der Waals surface area contributed by atoms with Gasteiger partial charge in [0.1, 0.15) is 0 Å². The number of rotatable bonds is 7. The van der Waals surface area contributed by atoms with Crippen LogP contribution in [0.25, 0.3) is 21.8 Å². The Balaban J connectivity index is 2.16. The number of pyridine rings is 1. The highest BCUT2D eigenvalue weighted by molar-refractivity contribution is 6.09. The van der Waals surface area contributed by atoms with Gasteiger partial charge in [-0.2, -0.15) is 13.2 Å². The molecule has 0 saturated heterocycles. The molecule has 0 unspecified atom stereocenters. The Morgan fingerprint density at radius 1 is 1.04 bits per heavy atom. The molecule has 0 amide bonds. The van der Waals surface area contributed by atoms with Gasteiger partial charge in [0.2, 0.25) is 0 Å². The summed E-state index contributed by atoms with van der Waals surface area (Å²) in [6.45, 7) is 3.12. The molecule has 0 fully saturated rings. The fourth-order valence-corrected chi connectivity index (χ4v) is 3.46. The molecule has 0 atom stereocenters. The fraction of sp³-hybridized carbons (Fsp3) is 0.421. The number of fused-ring (bicyclic) bond motifs is 3. The molecule has 2 aromatic heterocycles. The van der Waals surface area contributed by atoms with E-state index in [1.54, 1.807) is 10.6 Å². The van der Waals surface area contributed by atoms with Gasteiger partial charge in [-0.1, -0.05) is 12.1 Å². The second-order valence-corrected chi connectivity index (χ2v) is 6.51. The Morgan fingerprint density at radius 3 is 2.37 bits per heavy atom. The molecule has 3 rings (SSSR count). The van der Waals surface area contributed by atoms with Crippen molar-refractivity contribution in [3.05, 3.63) is 41.7 Å². The van der Waals surface area contributed by atoms with E-state index < -0.39 is 11.9 Å². The van der Waals surface area contributed by atoms with Crippen LogP contribution >= 0.6 is 0 Å². The maximum atomic E-state index is 13.6. The van der Waals surface area contributed by atoms with Crippen molar-refractivity contribution in [1.82, 2.24) is 14.5 Å². The Morgan fingerprint density at radius 2 is 1.74 bits per heavy atom. The van der Waals surface area contributed by atoms with Crippen LogP contribution in [0.3, 0.4) is 0 Å². The minimum absolute atomic E-state index is 0.0681. The van der Waals surface area contributed by atoms with Crippen LogP contribution in [0.5, 0.6) is 0 Å². The third-order valence-corrected chi connectivity index (χ3v) is 4.67. The molecule has 0 aliphatic carbocycles. The molecule has 5 nitrogen and oxygen atoms in total. The molecule has 0 aliphatic heterocycles. The molecular formula is C19H22F3N3O2. The fourth-order valence-electron chi connectivity index (χ4n) is 3.46. The molecule has 0 bridgehead atoms. The van der Waals surface area contributed by atoms with Crippen molar-refractivity contribution in [2.75, 3.05) is 32.8 Å². The van der Waals surface area contributed by atoms with Crippen LogP contribution in [-0.4, -0.2) is 57.5 Å². The summed E-state index contributed by atoms with van der Waals surface area (Å²) in [7, 11) is 0. The van der Waals surface area contributed by atoms with Crippen LogP contribution in [0.15, 0.2) is 30.5 Å². The van der Waals surface area contributed by atoms with E-state index in [1.807, 2.05) is 30.0 Å². The molecule has 2 heterocycles. The van der Waals surface area contributed by atoms with Crippen LogP contribution in [0.4, 0.5) is 13.2 Å². The van der Waals surface area contributed by atoms with Gasteiger partial charge in [-0.05, 0) is 24.6 Å². The first-order valence-electron chi connectivity index (χ1n) is 8.75. The van der Waals surface area contributed by atoms with Crippen molar-refractivity contribution in [2.45, 2.75) is 19.6 Å². The predicted octanol–water partition coefficient (Wildman–Crippen LogP) is 2.80. The predicted molar refractivity (Wildman–Crippen MR) is 97.6 cm³/mol. The summed E-state index contributed by atoms with van der Waals surface area (Å²) in [5, 5.41) is 19.6. The van der Waals surface area contributed by atoms with E-state index in [0.29, 0.717) is 25.0 Å². The molecule has 3 aromatic rings. The highest BCUT2D eigenvalue weighted by Gasteiger charge is 2.36. The second kappa shape index (κ2) is 7.84. The minimum atomic E-state index is -4.56. The molecule has 1 aromatic carbocycles. The summed E-state index contributed by atoms with van der Waals surface area (Å²) in [6, 6.07) is 7.20. The highest BCUT2D eigenvalue weighted by atomic mass is 19.4. The lowest BCUT2D eigenvalue weighted by Gasteiger charge is -2.21. The number of hydrogen-bond donors (Lipinski definition) is 2. The first-order chi connectivity index (χ1) is 12.9. The average molecular weight is 381 g/mol. The van der Waals surface area contributed by atoms with Gasteiger partial charge in [-0.25, -0.2) is 4.98 Å². The zero-order valence-electron chi connectivity index (χ0n) is 15.0. The van der Waals surface area contributed by atoms with Crippen molar-refractivity contribution in [3.63, 3.8) is 0 Å². The minimum Gasteiger partial charge on any atom is -0.395 e. The van der Waals surface area contributed by atoms with Gasteiger partial charge in [0.15, 0.2) is 5.69 Å². The Kier molecular flexibility index (Phi) is 5.69. The molecule has 0 spiro atoms. The SMILES string of the molecule is Cc1ccc2c3ccnc(C(F)(F)F)c3n(CCN(CCO)CCO)c2c1. The summed E-state index contributed by atoms with van der Waals surface area (Å²) in [4.78, 5) is 5.43. The topological polar surface area (TPSA) is 61.5 Å². The van der Waals surface area contributed by atoms with Gasteiger partial charge < -0.3 is 14.8 Å². The van der Waals surface area contributed by atoms with Crippen molar-refractivity contribution in [3.8, 4) is 0 Å². The largest absolute Gasteiger partial charge is 0.435 e. The zero-order valence-corrected chi connectivity index (χ0v) is 15.0. The number of benzene rings is 1. The van der Waals surface area contributed by atoms with Crippen LogP contribution in [0, 0.1) is 6.92 Å². The first kappa shape index (κ1) is 19.6. The van der Waals surface area contributed by atoms with Gasteiger partial charge in [0.05, 0.1) is 18.7 Å². The number of alkyl halides is 3. The lowest BCUT2D eigenvalue weighted by atomic mass is 10.1. The van der Waals surface area contributed by atoms with Crippen molar-refractivity contribution < 1.29 is 23.4 Å². The summed E-state index contributed by atoms with van der Waals surface area (Å²) >= 11 is 0. The maximum Gasteiger partial charge on any atom is 0.435 e. The van der Waals surface area contributed by atoms with Crippen LogP contribution < -0.4 is 0 Å². The molecule has 146 valence electrons. The average Bonchev–Trinajstić information content (AvgIpc) is 2.92. The molecular weight excluding hydrogens is 359 g/mol. The molecule has 8 heteroatoms. The molecule has 2 N–H and O–H groups in total. The third-order valence-electron chi connectivity index (χ3n) is 4.67. The van der Waals surface area contributed by atoms with Crippen LogP contribution in [-0.2, 0) is 12.7 Å². The molecule has 27 heavy (non-hydrogen) atoms. The van der Waals surface area contributed by atoms with Crippen LogP contribution in [0.2, 0.25) is 0 Å². The highest BCUT2D eigenvalue weighted by Crippen LogP contribution is 2.37. The van der Waals surface area contributed by atoms with E-state index in [-0.39, 0.29) is 25.3 Å². The number of halogens is 3. The summed E-state index contributed by atoms with van der Waals surface area (Å²) in [6.07, 6.45) is -3.37. The number of aliphatic hydroxyl groups is 2.